The minimum atomic E-state index is -0.619. The van der Waals surface area contributed by atoms with Gasteiger partial charge in [0.05, 0.1) is 18.4 Å². The Bertz CT molecular complexity index is 811. The van der Waals surface area contributed by atoms with Gasteiger partial charge in [0.15, 0.2) is 0 Å². The molecule has 0 spiro atoms. The van der Waals surface area contributed by atoms with Crippen molar-refractivity contribution in [2.75, 3.05) is 12.4 Å². The molecule has 0 bridgehead atoms. The van der Waals surface area contributed by atoms with Gasteiger partial charge in [0.25, 0.3) is 5.91 Å². The summed E-state index contributed by atoms with van der Waals surface area (Å²) in [6.07, 6.45) is 1.68. The number of aromatic nitrogens is 1. The zero-order chi connectivity index (χ0) is 14.8. The number of rotatable bonds is 3. The molecule has 21 heavy (non-hydrogen) atoms. The van der Waals surface area contributed by atoms with E-state index in [0.717, 1.165) is 10.9 Å². The molecule has 0 saturated carbocycles. The highest BCUT2D eigenvalue weighted by Gasteiger charge is 2.14. The Balaban J connectivity index is 1.89. The normalized spacial score (nSPS) is 10.6. The molecule has 0 fully saturated rings. The van der Waals surface area contributed by atoms with E-state index in [-0.39, 0.29) is 5.56 Å². The average molecular weight is 284 g/mol. The molecule has 1 aromatic heterocycles. The Hall–Kier alpha value is -2.82. The number of hydrogen-bond acceptors (Lipinski definition) is 2. The third kappa shape index (κ3) is 2.45. The van der Waals surface area contributed by atoms with E-state index >= 15 is 0 Å². The number of nitrogens with one attached hydrogen (secondary N) is 2. The number of amides is 1. The first-order valence-corrected chi connectivity index (χ1v) is 6.40. The molecule has 3 aromatic rings. The topological polar surface area (TPSA) is 54.1 Å². The predicted molar refractivity (Wildman–Crippen MR) is 79.2 cm³/mol. The number of benzene rings is 2. The van der Waals surface area contributed by atoms with Crippen molar-refractivity contribution >= 4 is 22.5 Å². The number of carbonyl (C=O) groups is 1. The first kappa shape index (κ1) is 13.2. The summed E-state index contributed by atoms with van der Waals surface area (Å²) in [7, 11) is 1.44. The van der Waals surface area contributed by atoms with Gasteiger partial charge in [-0.3, -0.25) is 4.79 Å². The number of ether oxygens (including phenoxy) is 1. The Labute approximate surface area is 120 Å². The Morgan fingerprint density at radius 1 is 1.24 bits per heavy atom. The van der Waals surface area contributed by atoms with Gasteiger partial charge in [0.2, 0.25) is 0 Å². The van der Waals surface area contributed by atoms with Gasteiger partial charge in [0.1, 0.15) is 11.6 Å². The van der Waals surface area contributed by atoms with Gasteiger partial charge in [-0.25, -0.2) is 4.39 Å². The number of para-hydroxylation sites is 1. The van der Waals surface area contributed by atoms with Crippen LogP contribution in [0.2, 0.25) is 0 Å². The maximum Gasteiger partial charge on any atom is 0.258 e. The molecule has 1 heterocycles. The van der Waals surface area contributed by atoms with E-state index in [9.17, 15) is 9.18 Å². The van der Waals surface area contributed by atoms with Gasteiger partial charge in [-0.1, -0.05) is 18.2 Å². The fourth-order valence-corrected chi connectivity index (χ4v) is 2.17. The third-order valence-corrected chi connectivity index (χ3v) is 3.26. The van der Waals surface area contributed by atoms with Crippen LogP contribution in [0, 0.1) is 5.82 Å². The van der Waals surface area contributed by atoms with E-state index in [0.29, 0.717) is 11.4 Å². The molecular formula is C16H13FN2O2. The van der Waals surface area contributed by atoms with E-state index in [2.05, 4.69) is 10.3 Å². The van der Waals surface area contributed by atoms with Crippen molar-refractivity contribution in [2.24, 2.45) is 0 Å². The average Bonchev–Trinajstić information content (AvgIpc) is 2.90. The van der Waals surface area contributed by atoms with Gasteiger partial charge in [-0.2, -0.15) is 0 Å². The number of H-pyrrole nitrogens is 1. The molecule has 3 rings (SSSR count). The summed E-state index contributed by atoms with van der Waals surface area (Å²) in [5.74, 6) is -0.747. The maximum atomic E-state index is 13.9. The van der Waals surface area contributed by atoms with Gasteiger partial charge in [-0.05, 0) is 18.2 Å². The second-order valence-electron chi connectivity index (χ2n) is 4.55. The number of methoxy groups -OCH3 is 1. The zero-order valence-corrected chi connectivity index (χ0v) is 11.3. The monoisotopic (exact) mass is 284 g/mol. The third-order valence-electron chi connectivity index (χ3n) is 3.26. The number of carbonyl (C=O) groups excluding carboxylic acids is 1. The van der Waals surface area contributed by atoms with Crippen molar-refractivity contribution in [2.45, 2.75) is 0 Å². The van der Waals surface area contributed by atoms with Crippen molar-refractivity contribution in [3.8, 4) is 5.75 Å². The Morgan fingerprint density at radius 2 is 2.05 bits per heavy atom. The summed E-state index contributed by atoms with van der Waals surface area (Å²) in [5, 5.41) is 3.58. The molecule has 0 aliphatic carbocycles. The molecule has 0 unspecified atom stereocenters. The number of fused-ring (bicyclic) bond motifs is 1. The molecular weight excluding hydrogens is 271 g/mol. The highest BCUT2D eigenvalue weighted by Crippen LogP contribution is 2.24. The lowest BCUT2D eigenvalue weighted by Gasteiger charge is -2.06. The van der Waals surface area contributed by atoms with Crippen LogP contribution in [-0.2, 0) is 0 Å². The number of aromatic amines is 1. The molecule has 0 aliphatic rings. The molecule has 4 nitrogen and oxygen atoms in total. The van der Waals surface area contributed by atoms with Crippen molar-refractivity contribution in [3.05, 3.63) is 60.0 Å². The van der Waals surface area contributed by atoms with Crippen molar-refractivity contribution < 1.29 is 13.9 Å². The van der Waals surface area contributed by atoms with Crippen LogP contribution in [0.4, 0.5) is 10.1 Å². The van der Waals surface area contributed by atoms with Gasteiger partial charge in [0, 0.05) is 23.2 Å². The fourth-order valence-electron chi connectivity index (χ4n) is 2.17. The summed E-state index contributed by atoms with van der Waals surface area (Å²) in [6.45, 7) is 0. The standard InChI is InChI=1S/C16H13FN2O2/c1-21-10-6-7-11(13(17)8-10)16(20)19-15-9-18-14-5-3-2-4-12(14)15/h2-9,18H,1H3,(H,19,20). The first-order chi connectivity index (χ1) is 10.2. The molecule has 2 aromatic carbocycles. The highest BCUT2D eigenvalue weighted by atomic mass is 19.1. The largest absolute Gasteiger partial charge is 0.497 e. The van der Waals surface area contributed by atoms with E-state index in [4.69, 9.17) is 4.74 Å². The Morgan fingerprint density at radius 3 is 2.81 bits per heavy atom. The summed E-state index contributed by atoms with van der Waals surface area (Å²) in [6, 6.07) is 11.7. The van der Waals surface area contributed by atoms with Crippen molar-refractivity contribution in [3.63, 3.8) is 0 Å². The molecule has 0 aliphatic heterocycles. The molecule has 0 radical (unpaired) electrons. The molecule has 5 heteroatoms. The van der Waals surface area contributed by atoms with Gasteiger partial charge < -0.3 is 15.0 Å². The van der Waals surface area contributed by atoms with Crippen LogP contribution < -0.4 is 10.1 Å². The lowest BCUT2D eigenvalue weighted by Crippen LogP contribution is -2.13. The lowest BCUT2D eigenvalue weighted by molar-refractivity contribution is 0.102. The van der Waals surface area contributed by atoms with Crippen molar-refractivity contribution in [1.29, 1.82) is 0 Å². The van der Waals surface area contributed by atoms with Crippen LogP contribution in [0.25, 0.3) is 10.9 Å². The second-order valence-corrected chi connectivity index (χ2v) is 4.55. The van der Waals surface area contributed by atoms with E-state index < -0.39 is 11.7 Å². The smallest absolute Gasteiger partial charge is 0.258 e. The van der Waals surface area contributed by atoms with Gasteiger partial charge in [-0.15, -0.1) is 0 Å². The van der Waals surface area contributed by atoms with E-state index in [1.54, 1.807) is 12.3 Å². The zero-order valence-electron chi connectivity index (χ0n) is 11.3. The van der Waals surface area contributed by atoms with E-state index in [1.807, 2.05) is 24.3 Å². The summed E-state index contributed by atoms with van der Waals surface area (Å²) >= 11 is 0. The van der Waals surface area contributed by atoms with Crippen LogP contribution in [0.15, 0.2) is 48.7 Å². The summed E-state index contributed by atoms with van der Waals surface area (Å²) in [4.78, 5) is 15.2. The molecule has 0 saturated heterocycles. The fraction of sp³-hybridized carbons (Fsp3) is 0.0625. The van der Waals surface area contributed by atoms with Crippen LogP contribution >= 0.6 is 0 Å². The second kappa shape index (κ2) is 5.28. The Kier molecular flexibility index (Phi) is 3.31. The number of halogens is 1. The SMILES string of the molecule is COc1ccc(C(=O)Nc2c[nH]c3ccccc23)c(F)c1. The van der Waals surface area contributed by atoms with Crippen LogP contribution in [-0.4, -0.2) is 18.0 Å². The van der Waals surface area contributed by atoms with Crippen LogP contribution in [0.1, 0.15) is 10.4 Å². The van der Waals surface area contributed by atoms with Crippen LogP contribution in [0.5, 0.6) is 5.75 Å². The minimum Gasteiger partial charge on any atom is -0.497 e. The highest BCUT2D eigenvalue weighted by molar-refractivity contribution is 6.09. The summed E-state index contributed by atoms with van der Waals surface area (Å²) in [5.41, 5.74) is 1.50. The van der Waals surface area contributed by atoms with Crippen LogP contribution in [0.3, 0.4) is 0 Å². The first-order valence-electron chi connectivity index (χ1n) is 6.40. The number of hydrogen-bond donors (Lipinski definition) is 2. The van der Waals surface area contributed by atoms with Crippen molar-refractivity contribution in [1.82, 2.24) is 4.98 Å². The minimum absolute atomic E-state index is 0.0268. The molecule has 1 amide bonds. The number of anilines is 1. The van der Waals surface area contributed by atoms with Gasteiger partial charge >= 0.3 is 0 Å². The van der Waals surface area contributed by atoms with E-state index in [1.165, 1.54) is 19.2 Å². The maximum absolute atomic E-state index is 13.9. The molecule has 106 valence electrons. The predicted octanol–water partition coefficient (Wildman–Crippen LogP) is 3.57. The molecule has 2 N–H and O–H groups in total. The lowest BCUT2D eigenvalue weighted by atomic mass is 10.1. The molecule has 0 atom stereocenters. The summed E-state index contributed by atoms with van der Waals surface area (Å²) < 4.78 is 18.8. The quantitative estimate of drug-likeness (QED) is 0.772.